The predicted molar refractivity (Wildman–Crippen MR) is 81.8 cm³/mol. The zero-order valence-corrected chi connectivity index (χ0v) is 14.1. The molecule has 2 heterocycles. The van der Waals surface area contributed by atoms with Crippen LogP contribution in [0.1, 0.15) is 40.6 Å². The molecule has 1 aromatic rings. The van der Waals surface area contributed by atoms with E-state index in [0.717, 1.165) is 24.3 Å². The van der Waals surface area contributed by atoms with Crippen molar-refractivity contribution < 1.29 is 23.1 Å². The highest BCUT2D eigenvalue weighted by Gasteiger charge is 2.42. The second-order valence-corrected chi connectivity index (χ2v) is 6.26. The van der Waals surface area contributed by atoms with E-state index in [2.05, 4.69) is 5.10 Å². The molecule has 9 heteroatoms. The molecule has 1 aliphatic rings. The van der Waals surface area contributed by atoms with Gasteiger partial charge in [-0.2, -0.15) is 18.3 Å². The number of hydrogen-bond donors (Lipinski definition) is 1. The molecule has 1 aromatic heterocycles. The van der Waals surface area contributed by atoms with Crippen molar-refractivity contribution >= 4 is 5.91 Å². The topological polar surface area (TPSA) is 61.6 Å². The molecule has 1 atom stereocenters. The third-order valence-corrected chi connectivity index (χ3v) is 4.36. The standard InChI is InChI=1S/C15H23F3N4O2/c1-10-12(14(24)21(3)7-8-23)13(15(16,17)18)19-22(10)11-5-4-6-20(2)9-11/h11,23H,4-9H2,1-3H3. The lowest BCUT2D eigenvalue weighted by Crippen LogP contribution is -2.34. The molecule has 1 saturated heterocycles. The van der Waals surface area contributed by atoms with Gasteiger partial charge >= 0.3 is 6.18 Å². The largest absolute Gasteiger partial charge is 0.435 e. The molecule has 1 amide bonds. The quantitative estimate of drug-likeness (QED) is 0.897. The molecule has 0 aliphatic carbocycles. The van der Waals surface area contributed by atoms with E-state index < -0.39 is 23.3 Å². The lowest BCUT2D eigenvalue weighted by atomic mass is 10.1. The van der Waals surface area contributed by atoms with Crippen molar-refractivity contribution in [3.05, 3.63) is 17.0 Å². The van der Waals surface area contributed by atoms with Crippen molar-refractivity contribution in [2.75, 3.05) is 40.3 Å². The molecule has 0 radical (unpaired) electrons. The van der Waals surface area contributed by atoms with E-state index in [0.29, 0.717) is 6.54 Å². The fraction of sp³-hybridized carbons (Fsp3) is 0.733. The van der Waals surface area contributed by atoms with Gasteiger partial charge in [-0.25, -0.2) is 0 Å². The van der Waals surface area contributed by atoms with Crippen molar-refractivity contribution in [2.45, 2.75) is 32.0 Å². The Kier molecular flexibility index (Phi) is 5.54. The van der Waals surface area contributed by atoms with Crippen LogP contribution in [0, 0.1) is 6.92 Å². The van der Waals surface area contributed by atoms with E-state index in [1.54, 1.807) is 0 Å². The number of hydrogen-bond acceptors (Lipinski definition) is 4. The number of amides is 1. The summed E-state index contributed by atoms with van der Waals surface area (Å²) in [6.45, 7) is 2.64. The number of piperidine rings is 1. The molecule has 6 nitrogen and oxygen atoms in total. The number of carbonyl (C=O) groups is 1. The third-order valence-electron chi connectivity index (χ3n) is 4.36. The van der Waals surface area contributed by atoms with E-state index in [1.807, 2.05) is 11.9 Å². The van der Waals surface area contributed by atoms with Gasteiger partial charge < -0.3 is 14.9 Å². The smallest absolute Gasteiger partial charge is 0.395 e. The highest BCUT2D eigenvalue weighted by Crippen LogP contribution is 2.35. The predicted octanol–water partition coefficient (Wildman–Crippen LogP) is 1.54. The normalized spacial score (nSPS) is 19.5. The highest BCUT2D eigenvalue weighted by atomic mass is 19.4. The summed E-state index contributed by atoms with van der Waals surface area (Å²) < 4.78 is 41.5. The van der Waals surface area contributed by atoms with Crippen LogP contribution in [0.25, 0.3) is 0 Å². The molecule has 0 bridgehead atoms. The summed E-state index contributed by atoms with van der Waals surface area (Å²) in [5.41, 5.74) is -1.35. The van der Waals surface area contributed by atoms with Crippen LogP contribution < -0.4 is 0 Å². The molecule has 0 saturated carbocycles. The van der Waals surface area contributed by atoms with Crippen molar-refractivity contribution in [2.24, 2.45) is 0 Å². The fourth-order valence-corrected chi connectivity index (χ4v) is 3.11. The average molecular weight is 348 g/mol. The first kappa shape index (κ1) is 18.7. The molecule has 1 aliphatic heterocycles. The Bertz CT molecular complexity index is 600. The minimum Gasteiger partial charge on any atom is -0.395 e. The number of aromatic nitrogens is 2. The number of halogens is 3. The van der Waals surface area contributed by atoms with E-state index in [1.165, 1.54) is 18.7 Å². The Hall–Kier alpha value is -1.61. The summed E-state index contributed by atoms with van der Waals surface area (Å²) in [5, 5.41) is 12.7. The average Bonchev–Trinajstić information content (AvgIpc) is 2.84. The summed E-state index contributed by atoms with van der Waals surface area (Å²) >= 11 is 0. The second-order valence-electron chi connectivity index (χ2n) is 6.26. The van der Waals surface area contributed by atoms with Crippen LogP contribution in [-0.2, 0) is 6.18 Å². The zero-order chi connectivity index (χ0) is 18.1. The summed E-state index contributed by atoms with van der Waals surface area (Å²) in [5.74, 6) is -0.774. The van der Waals surface area contributed by atoms with Crippen LogP contribution in [0.2, 0.25) is 0 Å². The van der Waals surface area contributed by atoms with Gasteiger partial charge in [-0.3, -0.25) is 9.48 Å². The van der Waals surface area contributed by atoms with Gasteiger partial charge in [0.1, 0.15) is 0 Å². The number of carbonyl (C=O) groups excluding carboxylic acids is 1. The van der Waals surface area contributed by atoms with Crippen molar-refractivity contribution in [1.29, 1.82) is 0 Å². The van der Waals surface area contributed by atoms with Crippen molar-refractivity contribution in [3.8, 4) is 0 Å². The van der Waals surface area contributed by atoms with E-state index >= 15 is 0 Å². The summed E-state index contributed by atoms with van der Waals surface area (Å²) in [6, 6.07) is -0.186. The number of alkyl halides is 3. The van der Waals surface area contributed by atoms with Gasteiger partial charge in [0.25, 0.3) is 5.91 Å². The van der Waals surface area contributed by atoms with E-state index in [4.69, 9.17) is 5.11 Å². The molecule has 136 valence electrons. The maximum Gasteiger partial charge on any atom is 0.435 e. The lowest BCUT2D eigenvalue weighted by molar-refractivity contribution is -0.142. The number of rotatable bonds is 4. The first-order chi connectivity index (χ1) is 11.2. The first-order valence-electron chi connectivity index (χ1n) is 7.88. The summed E-state index contributed by atoms with van der Waals surface area (Å²) in [4.78, 5) is 15.6. The molecule has 1 unspecified atom stereocenters. The van der Waals surface area contributed by atoms with Gasteiger partial charge in [-0.05, 0) is 33.4 Å². The fourth-order valence-electron chi connectivity index (χ4n) is 3.11. The maximum atomic E-state index is 13.4. The molecule has 1 fully saturated rings. The van der Waals surface area contributed by atoms with Crippen LogP contribution in [0.3, 0.4) is 0 Å². The Balaban J connectivity index is 2.46. The molecular weight excluding hydrogens is 325 g/mol. The van der Waals surface area contributed by atoms with Gasteiger partial charge in [-0.15, -0.1) is 0 Å². The van der Waals surface area contributed by atoms with Crippen LogP contribution in [-0.4, -0.2) is 70.9 Å². The molecule has 2 rings (SSSR count). The summed E-state index contributed by atoms with van der Waals surface area (Å²) in [6.07, 6.45) is -3.11. The number of likely N-dealkylation sites (tertiary alicyclic amines) is 1. The number of aliphatic hydroxyl groups excluding tert-OH is 1. The molecule has 0 spiro atoms. The van der Waals surface area contributed by atoms with Gasteiger partial charge in [-0.1, -0.05) is 0 Å². The third kappa shape index (κ3) is 3.72. The number of aliphatic hydroxyl groups is 1. The molecule has 0 aromatic carbocycles. The lowest BCUT2D eigenvalue weighted by Gasteiger charge is -2.30. The number of likely N-dealkylation sites (N-methyl/N-ethyl adjacent to an activating group) is 2. The highest BCUT2D eigenvalue weighted by molar-refractivity contribution is 5.96. The summed E-state index contributed by atoms with van der Waals surface area (Å²) in [7, 11) is 3.28. The van der Waals surface area contributed by atoms with Crippen LogP contribution >= 0.6 is 0 Å². The Morgan fingerprint density at radius 3 is 2.67 bits per heavy atom. The van der Waals surface area contributed by atoms with E-state index in [-0.39, 0.29) is 24.9 Å². The van der Waals surface area contributed by atoms with Crippen LogP contribution in [0.4, 0.5) is 13.2 Å². The van der Waals surface area contributed by atoms with Crippen molar-refractivity contribution in [1.82, 2.24) is 19.6 Å². The van der Waals surface area contributed by atoms with Gasteiger partial charge in [0.2, 0.25) is 0 Å². The Labute approximate surface area is 138 Å². The molecular formula is C15H23F3N4O2. The van der Waals surface area contributed by atoms with Crippen molar-refractivity contribution in [3.63, 3.8) is 0 Å². The number of nitrogens with zero attached hydrogens (tertiary/aromatic N) is 4. The zero-order valence-electron chi connectivity index (χ0n) is 14.1. The van der Waals surface area contributed by atoms with Crippen LogP contribution in [0.5, 0.6) is 0 Å². The van der Waals surface area contributed by atoms with Crippen LogP contribution in [0.15, 0.2) is 0 Å². The first-order valence-corrected chi connectivity index (χ1v) is 7.88. The monoisotopic (exact) mass is 348 g/mol. The van der Waals surface area contributed by atoms with Gasteiger partial charge in [0.05, 0.1) is 18.2 Å². The Morgan fingerprint density at radius 2 is 2.12 bits per heavy atom. The SMILES string of the molecule is Cc1c(C(=O)N(C)CCO)c(C(F)(F)F)nn1C1CCCN(C)C1. The minimum absolute atomic E-state index is 0.0348. The molecule has 1 N–H and O–H groups in total. The second kappa shape index (κ2) is 7.10. The van der Waals surface area contributed by atoms with E-state index in [9.17, 15) is 18.0 Å². The molecule has 24 heavy (non-hydrogen) atoms. The van der Waals surface area contributed by atoms with Gasteiger partial charge in [0, 0.05) is 25.8 Å². The Morgan fingerprint density at radius 1 is 1.46 bits per heavy atom. The maximum absolute atomic E-state index is 13.4. The van der Waals surface area contributed by atoms with Gasteiger partial charge in [0.15, 0.2) is 5.69 Å². The minimum atomic E-state index is -4.71.